The van der Waals surface area contributed by atoms with Crippen LogP contribution in [0.4, 0.5) is 0 Å². The molecule has 0 spiro atoms. The van der Waals surface area contributed by atoms with Crippen LogP contribution in [0, 0.1) is 0 Å². The van der Waals surface area contributed by atoms with E-state index in [2.05, 4.69) is 35.6 Å². The highest BCUT2D eigenvalue weighted by Gasteiger charge is 2.06. The molecule has 0 unspecified atom stereocenters. The van der Waals surface area contributed by atoms with Crippen molar-refractivity contribution in [1.82, 2.24) is 5.32 Å². The van der Waals surface area contributed by atoms with Crippen LogP contribution in [-0.2, 0) is 6.54 Å². The molecular formula is C20H19NO. The molecule has 3 rings (SSSR count). The van der Waals surface area contributed by atoms with Crippen LogP contribution in [0.1, 0.15) is 5.56 Å². The summed E-state index contributed by atoms with van der Waals surface area (Å²) in [7, 11) is 1.94. The highest BCUT2D eigenvalue weighted by atomic mass is 16.5. The fraction of sp³-hybridized carbons (Fsp3) is 0.100. The van der Waals surface area contributed by atoms with Crippen molar-refractivity contribution in [3.63, 3.8) is 0 Å². The van der Waals surface area contributed by atoms with Gasteiger partial charge < -0.3 is 10.1 Å². The van der Waals surface area contributed by atoms with Crippen molar-refractivity contribution in [2.24, 2.45) is 0 Å². The molecule has 3 aromatic rings. The number of benzene rings is 3. The molecule has 2 nitrogen and oxygen atoms in total. The molecule has 0 saturated heterocycles. The highest BCUT2D eigenvalue weighted by molar-refractivity contribution is 5.70. The van der Waals surface area contributed by atoms with Gasteiger partial charge in [0.1, 0.15) is 11.5 Å². The Kier molecular flexibility index (Phi) is 4.52. The highest BCUT2D eigenvalue weighted by Crippen LogP contribution is 2.33. The lowest BCUT2D eigenvalue weighted by atomic mass is 10.0. The maximum absolute atomic E-state index is 6.08. The molecule has 0 aromatic heterocycles. The number of rotatable bonds is 5. The van der Waals surface area contributed by atoms with E-state index in [1.54, 1.807) is 0 Å². The number of ether oxygens (including phenoxy) is 1. The molecule has 0 fully saturated rings. The number of hydrogen-bond donors (Lipinski definition) is 1. The Balaban J connectivity index is 1.86. The van der Waals surface area contributed by atoms with Gasteiger partial charge in [0, 0.05) is 12.1 Å². The van der Waals surface area contributed by atoms with Gasteiger partial charge in [0.2, 0.25) is 0 Å². The van der Waals surface area contributed by atoms with Crippen molar-refractivity contribution in [1.29, 1.82) is 0 Å². The van der Waals surface area contributed by atoms with Crippen LogP contribution in [0.2, 0.25) is 0 Å². The Hall–Kier alpha value is -2.58. The monoisotopic (exact) mass is 289 g/mol. The van der Waals surface area contributed by atoms with E-state index in [-0.39, 0.29) is 0 Å². The Labute approximate surface area is 131 Å². The summed E-state index contributed by atoms with van der Waals surface area (Å²) in [6.45, 7) is 0.862. The predicted molar refractivity (Wildman–Crippen MR) is 91.2 cm³/mol. The molecule has 0 amide bonds. The van der Waals surface area contributed by atoms with E-state index in [1.165, 1.54) is 5.56 Å². The molecule has 0 aliphatic heterocycles. The second kappa shape index (κ2) is 6.92. The lowest BCUT2D eigenvalue weighted by molar-refractivity contribution is 0.484. The first kappa shape index (κ1) is 14.4. The summed E-state index contributed by atoms with van der Waals surface area (Å²) in [6.07, 6.45) is 0. The summed E-state index contributed by atoms with van der Waals surface area (Å²) in [5, 5.41) is 3.14. The van der Waals surface area contributed by atoms with E-state index in [4.69, 9.17) is 4.74 Å². The Morgan fingerprint density at radius 3 is 2.18 bits per heavy atom. The van der Waals surface area contributed by atoms with Gasteiger partial charge in [-0.2, -0.15) is 0 Å². The van der Waals surface area contributed by atoms with Gasteiger partial charge in [-0.15, -0.1) is 0 Å². The normalized spacial score (nSPS) is 10.4. The zero-order valence-electron chi connectivity index (χ0n) is 12.6. The SMILES string of the molecule is CNCc1ccc(Oc2ccccc2-c2ccccc2)cc1. The molecule has 0 aliphatic carbocycles. The van der Waals surface area contributed by atoms with Crippen molar-refractivity contribution in [2.45, 2.75) is 6.54 Å². The van der Waals surface area contributed by atoms with E-state index in [0.29, 0.717) is 0 Å². The molecule has 0 atom stereocenters. The molecular weight excluding hydrogens is 270 g/mol. The average molecular weight is 289 g/mol. The summed E-state index contributed by atoms with van der Waals surface area (Å²) in [5.74, 6) is 1.72. The van der Waals surface area contributed by atoms with Gasteiger partial charge in [-0.05, 0) is 36.4 Å². The Morgan fingerprint density at radius 1 is 0.773 bits per heavy atom. The summed E-state index contributed by atoms with van der Waals surface area (Å²) < 4.78 is 6.08. The second-order valence-corrected chi connectivity index (χ2v) is 5.14. The lowest BCUT2D eigenvalue weighted by Crippen LogP contribution is -2.04. The largest absolute Gasteiger partial charge is 0.457 e. The van der Waals surface area contributed by atoms with Gasteiger partial charge in [-0.3, -0.25) is 0 Å². The maximum atomic E-state index is 6.08. The molecule has 110 valence electrons. The number of para-hydroxylation sites is 1. The molecule has 2 heteroatoms. The molecule has 0 aliphatic rings. The quantitative estimate of drug-likeness (QED) is 0.724. The zero-order valence-corrected chi connectivity index (χ0v) is 12.6. The summed E-state index contributed by atoms with van der Waals surface area (Å²) in [4.78, 5) is 0. The van der Waals surface area contributed by atoms with E-state index in [1.807, 2.05) is 55.6 Å². The van der Waals surface area contributed by atoms with Crippen LogP contribution in [0.25, 0.3) is 11.1 Å². The molecule has 0 saturated carbocycles. The number of hydrogen-bond acceptors (Lipinski definition) is 2. The smallest absolute Gasteiger partial charge is 0.135 e. The van der Waals surface area contributed by atoms with Crippen LogP contribution in [-0.4, -0.2) is 7.05 Å². The van der Waals surface area contributed by atoms with Crippen molar-refractivity contribution in [3.8, 4) is 22.6 Å². The fourth-order valence-corrected chi connectivity index (χ4v) is 2.42. The Bertz CT molecular complexity index is 720. The molecule has 0 radical (unpaired) electrons. The van der Waals surface area contributed by atoms with Crippen LogP contribution in [0.3, 0.4) is 0 Å². The fourth-order valence-electron chi connectivity index (χ4n) is 2.42. The lowest BCUT2D eigenvalue weighted by Gasteiger charge is -2.12. The van der Waals surface area contributed by atoms with Gasteiger partial charge in [0.05, 0.1) is 0 Å². The first-order chi connectivity index (χ1) is 10.9. The van der Waals surface area contributed by atoms with Gasteiger partial charge >= 0.3 is 0 Å². The van der Waals surface area contributed by atoms with Crippen molar-refractivity contribution in [3.05, 3.63) is 84.4 Å². The standard InChI is InChI=1S/C20H19NO/c1-21-15-16-11-13-18(14-12-16)22-20-10-6-5-9-19(20)17-7-3-2-4-8-17/h2-14,21H,15H2,1H3. The van der Waals surface area contributed by atoms with E-state index in [0.717, 1.165) is 29.2 Å². The summed E-state index contributed by atoms with van der Waals surface area (Å²) in [6, 6.07) is 26.6. The van der Waals surface area contributed by atoms with Gasteiger partial charge in [-0.25, -0.2) is 0 Å². The number of nitrogens with one attached hydrogen (secondary N) is 1. The minimum Gasteiger partial charge on any atom is -0.457 e. The third kappa shape index (κ3) is 3.35. The third-order valence-electron chi connectivity index (χ3n) is 3.50. The first-order valence-corrected chi connectivity index (χ1v) is 7.42. The predicted octanol–water partition coefficient (Wildman–Crippen LogP) is 4.87. The third-order valence-corrected chi connectivity index (χ3v) is 3.50. The molecule has 3 aromatic carbocycles. The summed E-state index contributed by atoms with van der Waals surface area (Å²) in [5.41, 5.74) is 3.50. The van der Waals surface area contributed by atoms with Crippen LogP contribution < -0.4 is 10.1 Å². The van der Waals surface area contributed by atoms with E-state index >= 15 is 0 Å². The van der Waals surface area contributed by atoms with Crippen LogP contribution >= 0.6 is 0 Å². The topological polar surface area (TPSA) is 21.3 Å². The first-order valence-electron chi connectivity index (χ1n) is 7.42. The van der Waals surface area contributed by atoms with Gasteiger partial charge in [-0.1, -0.05) is 60.7 Å². The second-order valence-electron chi connectivity index (χ2n) is 5.14. The average Bonchev–Trinajstić information content (AvgIpc) is 2.58. The minimum atomic E-state index is 0.850. The maximum Gasteiger partial charge on any atom is 0.135 e. The van der Waals surface area contributed by atoms with Gasteiger partial charge in [0.25, 0.3) is 0 Å². The van der Waals surface area contributed by atoms with Crippen molar-refractivity contribution < 1.29 is 4.74 Å². The molecule has 0 heterocycles. The molecule has 1 N–H and O–H groups in total. The van der Waals surface area contributed by atoms with Crippen LogP contribution in [0.5, 0.6) is 11.5 Å². The minimum absolute atomic E-state index is 0.850. The van der Waals surface area contributed by atoms with E-state index in [9.17, 15) is 0 Å². The van der Waals surface area contributed by atoms with Gasteiger partial charge in [0.15, 0.2) is 0 Å². The zero-order chi connectivity index (χ0) is 15.2. The van der Waals surface area contributed by atoms with E-state index < -0.39 is 0 Å². The van der Waals surface area contributed by atoms with Crippen molar-refractivity contribution in [2.75, 3.05) is 7.05 Å². The summed E-state index contributed by atoms with van der Waals surface area (Å²) >= 11 is 0. The molecule has 22 heavy (non-hydrogen) atoms. The van der Waals surface area contributed by atoms with Crippen LogP contribution in [0.15, 0.2) is 78.9 Å². The van der Waals surface area contributed by atoms with Crippen molar-refractivity contribution >= 4 is 0 Å². The molecule has 0 bridgehead atoms. The Morgan fingerprint density at radius 2 is 1.45 bits per heavy atom.